The maximum absolute atomic E-state index is 14.3. The Bertz CT molecular complexity index is 598. The molecule has 1 saturated carbocycles. The SMILES string of the molecule is O=C(NC[C@H](c1ccccc1F)N1CCCC1)NCC1(O)CCCCC1. The smallest absolute Gasteiger partial charge is 0.314 e. The van der Waals surface area contributed by atoms with Gasteiger partial charge in [-0.05, 0) is 44.8 Å². The van der Waals surface area contributed by atoms with Crippen molar-refractivity contribution in [1.29, 1.82) is 0 Å². The molecule has 1 saturated heterocycles. The van der Waals surface area contributed by atoms with Gasteiger partial charge >= 0.3 is 6.03 Å². The molecule has 1 aliphatic heterocycles. The number of nitrogens with zero attached hydrogens (tertiary/aromatic N) is 1. The zero-order valence-electron chi connectivity index (χ0n) is 15.3. The van der Waals surface area contributed by atoms with Crippen LogP contribution in [0.25, 0.3) is 0 Å². The minimum Gasteiger partial charge on any atom is -0.388 e. The van der Waals surface area contributed by atoms with Gasteiger partial charge in [-0.15, -0.1) is 0 Å². The lowest BCUT2D eigenvalue weighted by molar-refractivity contribution is 0.00716. The summed E-state index contributed by atoms with van der Waals surface area (Å²) < 4.78 is 14.3. The molecule has 2 amide bonds. The zero-order valence-corrected chi connectivity index (χ0v) is 15.3. The van der Waals surface area contributed by atoms with E-state index in [0.29, 0.717) is 12.1 Å². The average molecular weight is 363 g/mol. The molecule has 3 rings (SSSR count). The van der Waals surface area contributed by atoms with E-state index in [1.165, 1.54) is 6.07 Å². The molecule has 5 nitrogen and oxygen atoms in total. The number of carbonyl (C=O) groups excluding carboxylic acids is 1. The molecular weight excluding hydrogens is 333 g/mol. The van der Waals surface area contributed by atoms with E-state index in [2.05, 4.69) is 15.5 Å². The molecule has 26 heavy (non-hydrogen) atoms. The Morgan fingerprint density at radius 2 is 1.81 bits per heavy atom. The highest BCUT2D eigenvalue weighted by Crippen LogP contribution is 2.28. The molecule has 144 valence electrons. The van der Waals surface area contributed by atoms with E-state index in [1.807, 2.05) is 6.07 Å². The second-order valence-electron chi connectivity index (χ2n) is 7.63. The highest BCUT2D eigenvalue weighted by molar-refractivity contribution is 5.74. The Hall–Kier alpha value is -1.66. The third-order valence-electron chi connectivity index (χ3n) is 5.66. The molecule has 2 fully saturated rings. The second-order valence-corrected chi connectivity index (χ2v) is 7.63. The second kappa shape index (κ2) is 8.82. The van der Waals surface area contributed by atoms with Gasteiger partial charge in [-0.2, -0.15) is 0 Å². The molecule has 1 atom stereocenters. The van der Waals surface area contributed by atoms with E-state index in [-0.39, 0.29) is 24.4 Å². The van der Waals surface area contributed by atoms with Gasteiger partial charge in [0.15, 0.2) is 0 Å². The minimum atomic E-state index is -0.782. The Balaban J connectivity index is 1.55. The van der Waals surface area contributed by atoms with E-state index in [0.717, 1.165) is 58.0 Å². The van der Waals surface area contributed by atoms with Crippen molar-refractivity contribution in [3.63, 3.8) is 0 Å². The van der Waals surface area contributed by atoms with Gasteiger partial charge in [0.05, 0.1) is 11.6 Å². The van der Waals surface area contributed by atoms with Crippen LogP contribution in [-0.4, -0.2) is 47.8 Å². The Morgan fingerprint density at radius 3 is 2.50 bits per heavy atom. The van der Waals surface area contributed by atoms with Crippen molar-refractivity contribution >= 4 is 6.03 Å². The molecule has 2 aliphatic rings. The van der Waals surface area contributed by atoms with Crippen LogP contribution in [-0.2, 0) is 0 Å². The summed E-state index contributed by atoms with van der Waals surface area (Å²) in [5, 5.41) is 16.1. The van der Waals surface area contributed by atoms with Crippen molar-refractivity contribution in [1.82, 2.24) is 15.5 Å². The van der Waals surface area contributed by atoms with Crippen LogP contribution in [0.5, 0.6) is 0 Å². The lowest BCUT2D eigenvalue weighted by Crippen LogP contribution is -2.48. The molecule has 0 spiro atoms. The largest absolute Gasteiger partial charge is 0.388 e. The van der Waals surface area contributed by atoms with Crippen LogP contribution >= 0.6 is 0 Å². The number of rotatable bonds is 6. The minimum absolute atomic E-state index is 0.165. The van der Waals surface area contributed by atoms with Gasteiger partial charge in [0.2, 0.25) is 0 Å². The van der Waals surface area contributed by atoms with Crippen molar-refractivity contribution in [2.75, 3.05) is 26.2 Å². The number of carbonyl (C=O) groups is 1. The predicted molar refractivity (Wildman–Crippen MR) is 99.4 cm³/mol. The quantitative estimate of drug-likeness (QED) is 0.728. The molecule has 1 heterocycles. The van der Waals surface area contributed by atoms with Crippen LogP contribution in [0.1, 0.15) is 56.6 Å². The van der Waals surface area contributed by atoms with E-state index in [9.17, 15) is 14.3 Å². The first-order valence-corrected chi connectivity index (χ1v) is 9.80. The number of likely N-dealkylation sites (tertiary alicyclic amines) is 1. The van der Waals surface area contributed by atoms with Gasteiger partial charge in [-0.25, -0.2) is 9.18 Å². The fourth-order valence-electron chi connectivity index (χ4n) is 4.12. The molecule has 0 unspecified atom stereocenters. The van der Waals surface area contributed by atoms with Gasteiger partial charge in [0.1, 0.15) is 5.82 Å². The third-order valence-corrected chi connectivity index (χ3v) is 5.66. The first-order valence-electron chi connectivity index (χ1n) is 9.80. The summed E-state index contributed by atoms with van der Waals surface area (Å²) in [7, 11) is 0. The summed E-state index contributed by atoms with van der Waals surface area (Å²) in [6.07, 6.45) is 6.83. The average Bonchev–Trinajstić information content (AvgIpc) is 3.17. The molecule has 0 aromatic heterocycles. The molecule has 6 heteroatoms. The molecule has 0 bridgehead atoms. The third kappa shape index (κ3) is 4.95. The standard InChI is InChI=1S/C20H30FN3O2/c21-17-9-3-2-8-16(17)18(24-12-6-7-13-24)14-22-19(25)23-15-20(26)10-4-1-5-11-20/h2-3,8-9,18,26H,1,4-7,10-15H2,(H2,22,23,25)/t18-/m1/s1. The molecular formula is C20H30FN3O2. The van der Waals surface area contributed by atoms with Crippen molar-refractivity contribution in [2.24, 2.45) is 0 Å². The monoisotopic (exact) mass is 363 g/mol. The summed E-state index contributed by atoms with van der Waals surface area (Å²) in [5.41, 5.74) is -0.157. The Morgan fingerprint density at radius 1 is 1.12 bits per heavy atom. The van der Waals surface area contributed by atoms with Gasteiger partial charge < -0.3 is 15.7 Å². The lowest BCUT2D eigenvalue weighted by atomic mass is 9.85. The first-order chi connectivity index (χ1) is 12.6. The number of aliphatic hydroxyl groups is 1. The maximum atomic E-state index is 14.3. The lowest BCUT2D eigenvalue weighted by Gasteiger charge is -2.32. The molecule has 1 aliphatic carbocycles. The van der Waals surface area contributed by atoms with E-state index in [4.69, 9.17) is 0 Å². The topological polar surface area (TPSA) is 64.6 Å². The van der Waals surface area contributed by atoms with E-state index < -0.39 is 5.60 Å². The Labute approximate surface area is 155 Å². The number of benzene rings is 1. The maximum Gasteiger partial charge on any atom is 0.314 e. The highest BCUT2D eigenvalue weighted by Gasteiger charge is 2.30. The molecule has 1 aromatic rings. The molecule has 1 aromatic carbocycles. The predicted octanol–water partition coefficient (Wildman–Crippen LogP) is 2.96. The van der Waals surface area contributed by atoms with Gasteiger partial charge in [-0.3, -0.25) is 4.90 Å². The fraction of sp³-hybridized carbons (Fsp3) is 0.650. The first kappa shape index (κ1) is 19.1. The normalized spacial score (nSPS) is 21.3. The summed E-state index contributed by atoms with van der Waals surface area (Å²) in [4.78, 5) is 14.4. The van der Waals surface area contributed by atoms with Crippen LogP contribution < -0.4 is 10.6 Å². The van der Waals surface area contributed by atoms with Crippen LogP contribution in [0.3, 0.4) is 0 Å². The van der Waals surface area contributed by atoms with Crippen molar-refractivity contribution in [3.05, 3.63) is 35.6 Å². The number of hydrogen-bond acceptors (Lipinski definition) is 3. The van der Waals surface area contributed by atoms with Crippen LogP contribution in [0.2, 0.25) is 0 Å². The molecule has 0 radical (unpaired) electrons. The zero-order chi connectivity index (χ0) is 18.4. The van der Waals surface area contributed by atoms with Gasteiger partial charge in [0, 0.05) is 18.7 Å². The van der Waals surface area contributed by atoms with Crippen LogP contribution in [0.15, 0.2) is 24.3 Å². The van der Waals surface area contributed by atoms with Crippen molar-refractivity contribution < 1.29 is 14.3 Å². The summed E-state index contributed by atoms with van der Waals surface area (Å²) in [5.74, 6) is -0.233. The van der Waals surface area contributed by atoms with E-state index in [1.54, 1.807) is 12.1 Å². The molecule has 3 N–H and O–H groups in total. The van der Waals surface area contributed by atoms with Crippen LogP contribution in [0, 0.1) is 5.82 Å². The summed E-state index contributed by atoms with van der Waals surface area (Å²) >= 11 is 0. The van der Waals surface area contributed by atoms with Crippen molar-refractivity contribution in [3.8, 4) is 0 Å². The van der Waals surface area contributed by atoms with Crippen molar-refractivity contribution in [2.45, 2.75) is 56.6 Å². The highest BCUT2D eigenvalue weighted by atomic mass is 19.1. The van der Waals surface area contributed by atoms with Crippen LogP contribution in [0.4, 0.5) is 9.18 Å². The number of halogens is 1. The number of hydrogen-bond donors (Lipinski definition) is 3. The van der Waals surface area contributed by atoms with Gasteiger partial charge in [0.25, 0.3) is 0 Å². The summed E-state index contributed by atoms with van der Waals surface area (Å²) in [6.45, 7) is 2.46. The summed E-state index contributed by atoms with van der Waals surface area (Å²) in [6, 6.07) is 6.32. The number of amides is 2. The van der Waals surface area contributed by atoms with E-state index >= 15 is 0 Å². The number of nitrogens with one attached hydrogen (secondary N) is 2. The number of urea groups is 1. The fourth-order valence-corrected chi connectivity index (χ4v) is 4.12. The van der Waals surface area contributed by atoms with Gasteiger partial charge in [-0.1, -0.05) is 37.5 Å². The Kier molecular flexibility index (Phi) is 6.48.